The van der Waals surface area contributed by atoms with Gasteiger partial charge in [-0.05, 0) is 12.1 Å². The van der Waals surface area contributed by atoms with E-state index in [-0.39, 0.29) is 24.8 Å². The van der Waals surface area contributed by atoms with Crippen LogP contribution < -0.4 is 10.1 Å². The Labute approximate surface area is 132 Å². The summed E-state index contributed by atoms with van der Waals surface area (Å²) in [5.74, 6) is 0.0881. The van der Waals surface area contributed by atoms with E-state index in [2.05, 4.69) is 5.32 Å². The molecule has 0 aliphatic carbocycles. The summed E-state index contributed by atoms with van der Waals surface area (Å²) >= 11 is 0. The molecule has 1 heterocycles. The first-order chi connectivity index (χ1) is 9.65. The second kappa shape index (κ2) is 6.24. The molecule has 22 heavy (non-hydrogen) atoms. The van der Waals surface area contributed by atoms with Gasteiger partial charge >= 0.3 is 12.3 Å². The van der Waals surface area contributed by atoms with Crippen LogP contribution in [0.25, 0.3) is 0 Å². The summed E-state index contributed by atoms with van der Waals surface area (Å²) in [6, 6.07) is 2.76. The molecule has 0 unspecified atom stereocenters. The van der Waals surface area contributed by atoms with Crippen molar-refractivity contribution in [2.75, 3.05) is 13.7 Å². The summed E-state index contributed by atoms with van der Waals surface area (Å²) in [4.78, 5) is 11.4. The zero-order valence-electron chi connectivity index (χ0n) is 12.3. The molecule has 4 nitrogen and oxygen atoms in total. The summed E-state index contributed by atoms with van der Waals surface area (Å²) in [7, 11) is 1.30. The average Bonchev–Trinajstić information content (AvgIpc) is 2.40. The van der Waals surface area contributed by atoms with Gasteiger partial charge < -0.3 is 14.8 Å². The number of cyclic esters (lactones) is 1. The van der Waals surface area contributed by atoms with Gasteiger partial charge in [-0.3, -0.25) is 0 Å². The Morgan fingerprint density at radius 3 is 2.55 bits per heavy atom. The number of methoxy groups -OCH3 is 1. The Hall–Kier alpha value is -1.63. The molecule has 1 aliphatic rings. The lowest BCUT2D eigenvalue weighted by Crippen LogP contribution is -2.47. The molecule has 1 saturated heterocycles. The predicted octanol–water partition coefficient (Wildman–Crippen LogP) is 3.94. The first-order valence-corrected chi connectivity index (χ1v) is 6.33. The van der Waals surface area contributed by atoms with Gasteiger partial charge in [-0.15, -0.1) is 12.4 Å². The van der Waals surface area contributed by atoms with Crippen LogP contribution in [0.1, 0.15) is 31.0 Å². The SMILES string of the molecule is COc1cc(C(F)(F)F)ccc1[C@@H]1NC(=O)OCC1(C)C.Cl. The second-order valence-electron chi connectivity index (χ2n) is 5.60. The van der Waals surface area contributed by atoms with Gasteiger partial charge in [-0.2, -0.15) is 13.2 Å². The maximum atomic E-state index is 12.7. The molecule has 1 aliphatic heterocycles. The Morgan fingerprint density at radius 1 is 1.36 bits per heavy atom. The molecule has 0 spiro atoms. The number of carbonyl (C=O) groups excluding carboxylic acids is 1. The molecular weight excluding hydrogens is 323 g/mol. The Morgan fingerprint density at radius 2 is 2.00 bits per heavy atom. The molecule has 0 saturated carbocycles. The molecule has 1 atom stereocenters. The summed E-state index contributed by atoms with van der Waals surface area (Å²) in [6.45, 7) is 3.89. The van der Waals surface area contributed by atoms with E-state index in [4.69, 9.17) is 9.47 Å². The Balaban J connectivity index is 0.00000242. The van der Waals surface area contributed by atoms with Crippen LogP contribution in [0, 0.1) is 5.41 Å². The summed E-state index contributed by atoms with van der Waals surface area (Å²) < 4.78 is 48.2. The van der Waals surface area contributed by atoms with Crippen LogP contribution in [-0.2, 0) is 10.9 Å². The monoisotopic (exact) mass is 339 g/mol. The largest absolute Gasteiger partial charge is 0.496 e. The fraction of sp³-hybridized carbons (Fsp3) is 0.500. The van der Waals surface area contributed by atoms with Gasteiger partial charge in [-0.25, -0.2) is 4.79 Å². The second-order valence-corrected chi connectivity index (χ2v) is 5.60. The van der Waals surface area contributed by atoms with Crippen molar-refractivity contribution < 1.29 is 27.4 Å². The minimum absolute atomic E-state index is 0. The third kappa shape index (κ3) is 3.58. The molecule has 1 aromatic rings. The highest BCUT2D eigenvalue weighted by Crippen LogP contribution is 2.42. The van der Waals surface area contributed by atoms with E-state index in [1.54, 1.807) is 0 Å². The van der Waals surface area contributed by atoms with Gasteiger partial charge in [0, 0.05) is 11.0 Å². The number of alkyl carbamates (subject to hydrolysis) is 1. The van der Waals surface area contributed by atoms with E-state index in [0.29, 0.717) is 5.56 Å². The molecule has 1 fully saturated rings. The van der Waals surface area contributed by atoms with Crippen molar-refractivity contribution in [2.45, 2.75) is 26.1 Å². The lowest BCUT2D eigenvalue weighted by Gasteiger charge is -2.39. The molecule has 1 N–H and O–H groups in total. The van der Waals surface area contributed by atoms with Crippen molar-refractivity contribution in [3.8, 4) is 5.75 Å². The third-order valence-corrected chi connectivity index (χ3v) is 3.49. The molecule has 1 amide bonds. The molecule has 2 rings (SSSR count). The highest BCUT2D eigenvalue weighted by molar-refractivity contribution is 5.85. The molecule has 0 bridgehead atoms. The zero-order valence-corrected chi connectivity index (χ0v) is 13.1. The van der Waals surface area contributed by atoms with Crippen LogP contribution in [0.15, 0.2) is 18.2 Å². The topological polar surface area (TPSA) is 47.6 Å². The number of hydrogen-bond acceptors (Lipinski definition) is 3. The van der Waals surface area contributed by atoms with Gasteiger partial charge in [-0.1, -0.05) is 19.9 Å². The van der Waals surface area contributed by atoms with Crippen LogP contribution in [0.2, 0.25) is 0 Å². The van der Waals surface area contributed by atoms with E-state index < -0.39 is 29.3 Å². The van der Waals surface area contributed by atoms with E-state index in [1.807, 2.05) is 13.8 Å². The first kappa shape index (κ1) is 18.4. The minimum atomic E-state index is -4.44. The maximum absolute atomic E-state index is 12.7. The number of benzene rings is 1. The van der Waals surface area contributed by atoms with Gasteiger partial charge in [0.2, 0.25) is 0 Å². The van der Waals surface area contributed by atoms with Gasteiger partial charge in [0.15, 0.2) is 0 Å². The lowest BCUT2D eigenvalue weighted by molar-refractivity contribution is -0.137. The van der Waals surface area contributed by atoms with E-state index >= 15 is 0 Å². The van der Waals surface area contributed by atoms with Crippen LogP contribution in [0.5, 0.6) is 5.75 Å². The summed E-state index contributed by atoms with van der Waals surface area (Å²) in [5.41, 5.74) is -0.771. The van der Waals surface area contributed by atoms with Crippen molar-refractivity contribution >= 4 is 18.5 Å². The number of nitrogens with one attached hydrogen (secondary N) is 1. The summed E-state index contributed by atoms with van der Waals surface area (Å²) in [6.07, 6.45) is -5.04. The highest BCUT2D eigenvalue weighted by atomic mass is 35.5. The summed E-state index contributed by atoms with van der Waals surface area (Å²) in [5, 5.41) is 2.63. The molecule has 8 heteroatoms. The van der Waals surface area contributed by atoms with E-state index in [0.717, 1.165) is 12.1 Å². The standard InChI is InChI=1S/C14H16F3NO3.ClH/c1-13(2)7-21-12(19)18-11(13)9-5-4-8(14(15,16)17)6-10(9)20-3;/h4-6,11H,7H2,1-3H3,(H,18,19);1H/t11-;/m0./s1. The number of halogens is 4. The highest BCUT2D eigenvalue weighted by Gasteiger charge is 2.40. The predicted molar refractivity (Wildman–Crippen MR) is 76.2 cm³/mol. The lowest BCUT2D eigenvalue weighted by atomic mass is 9.80. The van der Waals surface area contributed by atoms with Gasteiger partial charge in [0.05, 0.1) is 18.7 Å². The Bertz CT molecular complexity index is 561. The first-order valence-electron chi connectivity index (χ1n) is 6.33. The van der Waals surface area contributed by atoms with Crippen LogP contribution in [-0.4, -0.2) is 19.8 Å². The molecule has 0 radical (unpaired) electrons. The van der Waals surface area contributed by atoms with Crippen molar-refractivity contribution in [3.05, 3.63) is 29.3 Å². The third-order valence-electron chi connectivity index (χ3n) is 3.49. The molecule has 124 valence electrons. The fourth-order valence-electron chi connectivity index (χ4n) is 2.31. The van der Waals surface area contributed by atoms with Crippen LogP contribution in [0.3, 0.4) is 0 Å². The van der Waals surface area contributed by atoms with Crippen molar-refractivity contribution in [1.29, 1.82) is 0 Å². The van der Waals surface area contributed by atoms with Crippen molar-refractivity contribution in [2.24, 2.45) is 5.41 Å². The van der Waals surface area contributed by atoms with Crippen molar-refractivity contribution in [3.63, 3.8) is 0 Å². The van der Waals surface area contributed by atoms with E-state index in [9.17, 15) is 18.0 Å². The number of carbonyl (C=O) groups is 1. The molecular formula is C14H17ClF3NO3. The fourth-order valence-corrected chi connectivity index (χ4v) is 2.31. The average molecular weight is 340 g/mol. The van der Waals surface area contributed by atoms with Crippen LogP contribution in [0.4, 0.5) is 18.0 Å². The number of rotatable bonds is 2. The quantitative estimate of drug-likeness (QED) is 0.887. The van der Waals surface area contributed by atoms with Crippen LogP contribution >= 0.6 is 12.4 Å². The van der Waals surface area contributed by atoms with Gasteiger partial charge in [0.25, 0.3) is 0 Å². The molecule has 1 aromatic carbocycles. The zero-order chi connectivity index (χ0) is 15.8. The van der Waals surface area contributed by atoms with E-state index in [1.165, 1.54) is 13.2 Å². The number of hydrogen-bond donors (Lipinski definition) is 1. The Kier molecular flexibility index (Phi) is 5.22. The minimum Gasteiger partial charge on any atom is -0.496 e. The number of amides is 1. The number of alkyl halides is 3. The normalized spacial score (nSPS) is 20.5. The van der Waals surface area contributed by atoms with Gasteiger partial charge in [0.1, 0.15) is 12.4 Å². The molecule has 0 aromatic heterocycles. The number of ether oxygens (including phenoxy) is 2. The van der Waals surface area contributed by atoms with Crippen molar-refractivity contribution in [1.82, 2.24) is 5.32 Å². The maximum Gasteiger partial charge on any atom is 0.416 e. The smallest absolute Gasteiger partial charge is 0.416 e.